The summed E-state index contributed by atoms with van der Waals surface area (Å²) in [6.45, 7) is 1.93. The highest BCUT2D eigenvalue weighted by Crippen LogP contribution is 2.27. The smallest absolute Gasteiger partial charge is 0.253 e. The molecule has 32 heavy (non-hydrogen) atoms. The number of hydrogen-bond acceptors (Lipinski definition) is 5. The molecule has 2 aromatic heterocycles. The van der Waals surface area contributed by atoms with Crippen LogP contribution >= 0.6 is 0 Å². The van der Waals surface area contributed by atoms with Gasteiger partial charge in [-0.25, -0.2) is 9.97 Å². The first-order chi connectivity index (χ1) is 15.6. The Kier molecular flexibility index (Phi) is 5.59. The number of H-pyrrole nitrogens is 1. The molecule has 0 aliphatic carbocycles. The SMILES string of the molecule is C[C@@H](c1nc2ccc(C[C@@H]3CC[C@H]([C@H](O)c4ccccc4)N3)cc2[nH]1)n1cnccc1=O. The van der Waals surface area contributed by atoms with Gasteiger partial charge in [0.1, 0.15) is 5.82 Å². The van der Waals surface area contributed by atoms with Crippen molar-refractivity contribution < 1.29 is 5.11 Å². The van der Waals surface area contributed by atoms with Crippen molar-refractivity contribution in [2.75, 3.05) is 0 Å². The van der Waals surface area contributed by atoms with Gasteiger partial charge in [-0.15, -0.1) is 0 Å². The van der Waals surface area contributed by atoms with E-state index in [2.05, 4.69) is 32.4 Å². The van der Waals surface area contributed by atoms with Crippen LogP contribution in [0.15, 0.2) is 71.9 Å². The number of fused-ring (bicyclic) bond motifs is 1. The minimum atomic E-state index is -0.490. The van der Waals surface area contributed by atoms with Crippen molar-refractivity contribution in [1.29, 1.82) is 0 Å². The van der Waals surface area contributed by atoms with Crippen LogP contribution in [0, 0.1) is 0 Å². The maximum absolute atomic E-state index is 12.1. The van der Waals surface area contributed by atoms with E-state index < -0.39 is 6.10 Å². The number of aromatic amines is 1. The van der Waals surface area contributed by atoms with E-state index in [4.69, 9.17) is 0 Å². The van der Waals surface area contributed by atoms with Crippen molar-refractivity contribution in [1.82, 2.24) is 24.8 Å². The number of aromatic nitrogens is 4. The summed E-state index contributed by atoms with van der Waals surface area (Å²) < 4.78 is 1.57. The Bertz CT molecular complexity index is 1270. The third kappa shape index (κ3) is 4.09. The molecule has 0 radical (unpaired) electrons. The predicted octanol–water partition coefficient (Wildman–Crippen LogP) is 3.13. The molecular formula is C25H27N5O2. The molecule has 1 fully saturated rings. The molecule has 0 bridgehead atoms. The molecule has 4 atom stereocenters. The Balaban J connectivity index is 1.29. The molecular weight excluding hydrogens is 402 g/mol. The fraction of sp³-hybridized carbons (Fsp3) is 0.320. The van der Waals surface area contributed by atoms with E-state index in [9.17, 15) is 9.90 Å². The van der Waals surface area contributed by atoms with Crippen molar-refractivity contribution >= 4 is 11.0 Å². The Morgan fingerprint density at radius 1 is 1.16 bits per heavy atom. The van der Waals surface area contributed by atoms with Gasteiger partial charge in [0.25, 0.3) is 5.56 Å². The molecule has 5 rings (SSSR count). The third-order valence-corrected chi connectivity index (χ3v) is 6.41. The van der Waals surface area contributed by atoms with E-state index >= 15 is 0 Å². The molecule has 1 aliphatic rings. The zero-order valence-corrected chi connectivity index (χ0v) is 18.0. The second kappa shape index (κ2) is 8.68. The summed E-state index contributed by atoms with van der Waals surface area (Å²) in [5, 5.41) is 14.3. The predicted molar refractivity (Wildman–Crippen MR) is 123 cm³/mol. The van der Waals surface area contributed by atoms with Crippen molar-refractivity contribution in [3.05, 3.63) is 94.4 Å². The number of aliphatic hydroxyl groups excluding tert-OH is 1. The van der Waals surface area contributed by atoms with Gasteiger partial charge in [0.2, 0.25) is 0 Å². The van der Waals surface area contributed by atoms with Crippen molar-refractivity contribution in [2.24, 2.45) is 0 Å². The van der Waals surface area contributed by atoms with Crippen molar-refractivity contribution in [3.8, 4) is 0 Å². The molecule has 3 heterocycles. The lowest BCUT2D eigenvalue weighted by atomic mass is 10.0. The average molecular weight is 430 g/mol. The zero-order chi connectivity index (χ0) is 22.1. The van der Waals surface area contributed by atoms with Crippen LogP contribution in [0.25, 0.3) is 11.0 Å². The minimum Gasteiger partial charge on any atom is -0.387 e. The van der Waals surface area contributed by atoms with Gasteiger partial charge < -0.3 is 15.4 Å². The third-order valence-electron chi connectivity index (χ3n) is 6.41. The van der Waals surface area contributed by atoms with Gasteiger partial charge in [-0.1, -0.05) is 36.4 Å². The lowest BCUT2D eigenvalue weighted by molar-refractivity contribution is 0.135. The largest absolute Gasteiger partial charge is 0.387 e. The number of nitrogens with one attached hydrogen (secondary N) is 2. The number of hydrogen-bond donors (Lipinski definition) is 3. The van der Waals surface area contributed by atoms with E-state index in [0.29, 0.717) is 6.04 Å². The average Bonchev–Trinajstić information content (AvgIpc) is 3.46. The molecule has 7 nitrogen and oxygen atoms in total. The normalized spacial score (nSPS) is 20.4. The number of imidazole rings is 1. The van der Waals surface area contributed by atoms with Crippen LogP contribution in [0.5, 0.6) is 0 Å². The lowest BCUT2D eigenvalue weighted by Gasteiger charge is -2.20. The highest BCUT2D eigenvalue weighted by Gasteiger charge is 2.30. The molecule has 0 unspecified atom stereocenters. The highest BCUT2D eigenvalue weighted by molar-refractivity contribution is 5.76. The quantitative estimate of drug-likeness (QED) is 0.438. The maximum atomic E-state index is 12.1. The van der Waals surface area contributed by atoms with Crippen LogP contribution in [0.3, 0.4) is 0 Å². The summed E-state index contributed by atoms with van der Waals surface area (Å²) in [7, 11) is 0. The second-order valence-electron chi connectivity index (χ2n) is 8.58. The zero-order valence-electron chi connectivity index (χ0n) is 18.0. The number of nitrogens with zero attached hydrogens (tertiary/aromatic N) is 3. The Morgan fingerprint density at radius 3 is 2.81 bits per heavy atom. The van der Waals surface area contributed by atoms with Crippen LogP contribution < -0.4 is 10.9 Å². The van der Waals surface area contributed by atoms with E-state index in [-0.39, 0.29) is 17.6 Å². The van der Waals surface area contributed by atoms with Gasteiger partial charge >= 0.3 is 0 Å². The maximum Gasteiger partial charge on any atom is 0.253 e. The van der Waals surface area contributed by atoms with E-state index in [1.807, 2.05) is 43.3 Å². The van der Waals surface area contributed by atoms with Crippen molar-refractivity contribution in [2.45, 2.75) is 50.4 Å². The lowest BCUT2D eigenvalue weighted by Crippen LogP contribution is -2.35. The highest BCUT2D eigenvalue weighted by atomic mass is 16.3. The first-order valence-electron chi connectivity index (χ1n) is 11.1. The van der Waals surface area contributed by atoms with Gasteiger partial charge in [-0.05, 0) is 49.4 Å². The molecule has 0 saturated carbocycles. The number of aliphatic hydroxyl groups is 1. The summed E-state index contributed by atoms with van der Waals surface area (Å²) >= 11 is 0. The first kappa shape index (κ1) is 20.6. The minimum absolute atomic E-state index is 0.0727. The molecule has 0 spiro atoms. The van der Waals surface area contributed by atoms with Gasteiger partial charge in [0, 0.05) is 24.3 Å². The number of benzene rings is 2. The fourth-order valence-corrected chi connectivity index (χ4v) is 4.61. The molecule has 4 aromatic rings. The topological polar surface area (TPSA) is 95.8 Å². The van der Waals surface area contributed by atoms with Crippen LogP contribution in [-0.4, -0.2) is 36.7 Å². The summed E-state index contributed by atoms with van der Waals surface area (Å²) in [5.41, 5.74) is 3.91. The standard InChI is InChI=1S/C25H27N5O2/c1-16(30-15-26-12-11-23(30)31)25-28-20-9-7-17(14-22(20)29-25)13-19-8-10-21(27-19)24(32)18-5-3-2-4-6-18/h2-7,9,11-12,14-16,19,21,24,27,32H,8,10,13H2,1H3,(H,28,29)/t16-,19-,21+,24+/m0/s1. The van der Waals surface area contributed by atoms with Crippen LogP contribution in [0.1, 0.15) is 48.9 Å². The van der Waals surface area contributed by atoms with Crippen LogP contribution in [-0.2, 0) is 6.42 Å². The molecule has 1 aliphatic heterocycles. The number of rotatable bonds is 6. The van der Waals surface area contributed by atoms with E-state index in [0.717, 1.165) is 41.7 Å². The summed E-state index contributed by atoms with van der Waals surface area (Å²) in [5.74, 6) is 0.734. The Hall–Kier alpha value is -3.29. The van der Waals surface area contributed by atoms with Gasteiger partial charge in [0.05, 0.1) is 29.5 Å². The van der Waals surface area contributed by atoms with Gasteiger partial charge in [-0.2, -0.15) is 0 Å². The van der Waals surface area contributed by atoms with E-state index in [1.165, 1.54) is 24.2 Å². The van der Waals surface area contributed by atoms with Crippen LogP contribution in [0.4, 0.5) is 0 Å². The second-order valence-corrected chi connectivity index (χ2v) is 8.58. The molecule has 2 aromatic carbocycles. The molecule has 0 amide bonds. The van der Waals surface area contributed by atoms with E-state index in [1.54, 1.807) is 4.57 Å². The van der Waals surface area contributed by atoms with Crippen LogP contribution in [0.2, 0.25) is 0 Å². The molecule has 7 heteroatoms. The van der Waals surface area contributed by atoms with Crippen molar-refractivity contribution in [3.63, 3.8) is 0 Å². The van der Waals surface area contributed by atoms with Gasteiger partial charge in [0.15, 0.2) is 0 Å². The fourth-order valence-electron chi connectivity index (χ4n) is 4.61. The summed E-state index contributed by atoms with van der Waals surface area (Å²) in [4.78, 5) is 24.2. The monoisotopic (exact) mass is 429 g/mol. The summed E-state index contributed by atoms with van der Waals surface area (Å²) in [6, 6.07) is 17.7. The van der Waals surface area contributed by atoms with Gasteiger partial charge in [-0.3, -0.25) is 9.36 Å². The Morgan fingerprint density at radius 2 is 2.00 bits per heavy atom. The molecule has 3 N–H and O–H groups in total. The molecule has 164 valence electrons. The Labute approximate surface area is 186 Å². The first-order valence-corrected chi connectivity index (χ1v) is 11.1. The molecule has 1 saturated heterocycles. The summed E-state index contributed by atoms with van der Waals surface area (Å²) in [6.07, 6.45) is 5.42.